The molecule has 1 heterocycles. The van der Waals surface area contributed by atoms with Crippen LogP contribution in [-0.2, 0) is 0 Å². The summed E-state index contributed by atoms with van der Waals surface area (Å²) in [5.74, 6) is -0.233. The van der Waals surface area contributed by atoms with Crippen molar-refractivity contribution in [1.29, 1.82) is 0 Å². The van der Waals surface area contributed by atoms with Crippen LogP contribution in [0, 0.1) is 12.7 Å². The normalized spacial score (nSPS) is 10.0. The Labute approximate surface area is 87.8 Å². The fraction of sp³-hybridized carbons (Fsp3) is 0.0833. The summed E-state index contributed by atoms with van der Waals surface area (Å²) in [5, 5.41) is 3.17. The van der Waals surface area contributed by atoms with Gasteiger partial charge in [-0.25, -0.2) is 4.39 Å². The van der Waals surface area contributed by atoms with Crippen LogP contribution in [0.3, 0.4) is 0 Å². The number of rotatable bonds is 2. The van der Waals surface area contributed by atoms with Gasteiger partial charge in [-0.3, -0.25) is 4.98 Å². The van der Waals surface area contributed by atoms with Crippen molar-refractivity contribution in [3.05, 3.63) is 54.1 Å². The van der Waals surface area contributed by atoms with Gasteiger partial charge in [0.05, 0.1) is 11.9 Å². The van der Waals surface area contributed by atoms with E-state index >= 15 is 0 Å². The maximum absolute atomic E-state index is 12.7. The summed E-state index contributed by atoms with van der Waals surface area (Å²) in [4.78, 5) is 4.02. The fourth-order valence-corrected chi connectivity index (χ4v) is 1.28. The molecule has 1 N–H and O–H groups in total. The smallest absolute Gasteiger partial charge is 0.123 e. The molecule has 2 rings (SSSR count). The Morgan fingerprint density at radius 2 is 1.87 bits per heavy atom. The molecule has 2 nitrogen and oxygen atoms in total. The van der Waals surface area contributed by atoms with E-state index in [1.165, 1.54) is 12.1 Å². The quantitative estimate of drug-likeness (QED) is 0.808. The van der Waals surface area contributed by atoms with Crippen LogP contribution in [0.5, 0.6) is 0 Å². The van der Waals surface area contributed by atoms with Gasteiger partial charge in [-0.05, 0) is 42.8 Å². The molecule has 0 saturated heterocycles. The molecule has 0 saturated carbocycles. The van der Waals surface area contributed by atoms with Gasteiger partial charge in [-0.15, -0.1) is 0 Å². The highest BCUT2D eigenvalue weighted by Crippen LogP contribution is 2.18. The summed E-state index contributed by atoms with van der Waals surface area (Å²) in [6.07, 6.45) is 3.49. The summed E-state index contributed by atoms with van der Waals surface area (Å²) in [6.45, 7) is 1.99. The number of nitrogens with one attached hydrogen (secondary N) is 1. The first-order chi connectivity index (χ1) is 7.25. The molecule has 2 aromatic rings. The number of benzene rings is 1. The predicted octanol–water partition coefficient (Wildman–Crippen LogP) is 3.27. The standard InChI is InChI=1S/C12H11FN2/c1-9-6-7-14-8-12(9)15-11-4-2-10(13)3-5-11/h2-8,15H,1H3. The minimum Gasteiger partial charge on any atom is -0.354 e. The molecule has 0 bridgehead atoms. The molecule has 0 unspecified atom stereocenters. The molecule has 0 spiro atoms. The molecule has 0 fully saturated rings. The van der Waals surface area contributed by atoms with Crippen LogP contribution in [0.25, 0.3) is 0 Å². The highest BCUT2D eigenvalue weighted by atomic mass is 19.1. The van der Waals surface area contributed by atoms with Crippen molar-refractivity contribution >= 4 is 11.4 Å². The van der Waals surface area contributed by atoms with Gasteiger partial charge in [0.2, 0.25) is 0 Å². The van der Waals surface area contributed by atoms with Gasteiger partial charge in [0.25, 0.3) is 0 Å². The third-order valence-corrected chi connectivity index (χ3v) is 2.16. The first-order valence-corrected chi connectivity index (χ1v) is 4.69. The SMILES string of the molecule is Cc1ccncc1Nc1ccc(F)cc1. The van der Waals surface area contributed by atoms with Gasteiger partial charge in [-0.1, -0.05) is 0 Å². The summed E-state index contributed by atoms with van der Waals surface area (Å²) >= 11 is 0. The van der Waals surface area contributed by atoms with Crippen LogP contribution >= 0.6 is 0 Å². The van der Waals surface area contributed by atoms with Crippen molar-refractivity contribution in [2.24, 2.45) is 0 Å². The summed E-state index contributed by atoms with van der Waals surface area (Å²) in [6, 6.07) is 8.16. The van der Waals surface area contributed by atoms with E-state index in [1.54, 1.807) is 24.5 Å². The molecule has 1 aromatic heterocycles. The molecule has 0 atom stereocenters. The molecular formula is C12H11FN2. The van der Waals surface area contributed by atoms with Crippen LogP contribution in [0.2, 0.25) is 0 Å². The van der Waals surface area contributed by atoms with Crippen LogP contribution in [-0.4, -0.2) is 4.98 Å². The van der Waals surface area contributed by atoms with E-state index < -0.39 is 0 Å². The number of aryl methyl sites for hydroxylation is 1. The summed E-state index contributed by atoms with van der Waals surface area (Å²) < 4.78 is 12.7. The van der Waals surface area contributed by atoms with Gasteiger partial charge in [0.1, 0.15) is 5.82 Å². The molecule has 0 aliphatic rings. The zero-order valence-corrected chi connectivity index (χ0v) is 8.37. The van der Waals surface area contributed by atoms with Gasteiger partial charge in [0.15, 0.2) is 0 Å². The van der Waals surface area contributed by atoms with Crippen molar-refractivity contribution in [3.63, 3.8) is 0 Å². The van der Waals surface area contributed by atoms with E-state index in [9.17, 15) is 4.39 Å². The molecule has 15 heavy (non-hydrogen) atoms. The Balaban J connectivity index is 2.22. The molecule has 76 valence electrons. The van der Waals surface area contributed by atoms with Crippen molar-refractivity contribution in [2.75, 3.05) is 5.32 Å². The highest BCUT2D eigenvalue weighted by Gasteiger charge is 1.98. The Kier molecular flexibility index (Phi) is 2.63. The summed E-state index contributed by atoms with van der Waals surface area (Å²) in [7, 11) is 0. The lowest BCUT2D eigenvalue weighted by molar-refractivity contribution is 0.628. The van der Waals surface area contributed by atoms with E-state index in [0.717, 1.165) is 16.9 Å². The number of halogens is 1. The Morgan fingerprint density at radius 3 is 2.53 bits per heavy atom. The van der Waals surface area contributed by atoms with Crippen molar-refractivity contribution in [1.82, 2.24) is 4.98 Å². The Bertz CT molecular complexity index is 451. The lowest BCUT2D eigenvalue weighted by Crippen LogP contribution is -1.93. The molecule has 0 radical (unpaired) electrons. The van der Waals surface area contributed by atoms with Crippen LogP contribution < -0.4 is 5.32 Å². The van der Waals surface area contributed by atoms with Gasteiger partial charge >= 0.3 is 0 Å². The monoisotopic (exact) mass is 202 g/mol. The number of hydrogen-bond donors (Lipinski definition) is 1. The first kappa shape index (κ1) is 9.65. The summed E-state index contributed by atoms with van der Waals surface area (Å²) in [5.41, 5.74) is 2.89. The van der Waals surface area contributed by atoms with Gasteiger partial charge in [-0.2, -0.15) is 0 Å². The second-order valence-corrected chi connectivity index (χ2v) is 3.32. The van der Waals surface area contributed by atoms with E-state index in [-0.39, 0.29) is 5.82 Å². The average molecular weight is 202 g/mol. The minimum absolute atomic E-state index is 0.233. The van der Waals surface area contributed by atoms with E-state index in [2.05, 4.69) is 10.3 Å². The zero-order valence-electron chi connectivity index (χ0n) is 8.37. The van der Waals surface area contributed by atoms with E-state index in [4.69, 9.17) is 0 Å². The largest absolute Gasteiger partial charge is 0.354 e. The number of hydrogen-bond acceptors (Lipinski definition) is 2. The second kappa shape index (κ2) is 4.09. The topological polar surface area (TPSA) is 24.9 Å². The average Bonchev–Trinajstić information content (AvgIpc) is 2.25. The van der Waals surface area contributed by atoms with Gasteiger partial charge < -0.3 is 5.32 Å². The fourth-order valence-electron chi connectivity index (χ4n) is 1.28. The molecule has 1 aromatic carbocycles. The molecule has 0 aliphatic carbocycles. The number of nitrogens with zero attached hydrogens (tertiary/aromatic N) is 1. The number of pyridine rings is 1. The molecule has 0 aliphatic heterocycles. The minimum atomic E-state index is -0.233. The van der Waals surface area contributed by atoms with E-state index in [1.807, 2.05) is 13.0 Å². The van der Waals surface area contributed by atoms with E-state index in [0.29, 0.717) is 0 Å². The maximum Gasteiger partial charge on any atom is 0.123 e. The molecule has 3 heteroatoms. The van der Waals surface area contributed by atoms with Crippen LogP contribution in [0.15, 0.2) is 42.7 Å². The second-order valence-electron chi connectivity index (χ2n) is 3.32. The Hall–Kier alpha value is -1.90. The van der Waals surface area contributed by atoms with Crippen molar-refractivity contribution in [3.8, 4) is 0 Å². The number of aromatic nitrogens is 1. The van der Waals surface area contributed by atoms with Crippen molar-refractivity contribution < 1.29 is 4.39 Å². The van der Waals surface area contributed by atoms with Crippen molar-refractivity contribution in [2.45, 2.75) is 6.92 Å². The third-order valence-electron chi connectivity index (χ3n) is 2.16. The molecule has 0 amide bonds. The highest BCUT2D eigenvalue weighted by molar-refractivity contribution is 5.61. The zero-order chi connectivity index (χ0) is 10.7. The third kappa shape index (κ3) is 2.31. The van der Waals surface area contributed by atoms with Crippen LogP contribution in [0.1, 0.15) is 5.56 Å². The van der Waals surface area contributed by atoms with Crippen LogP contribution in [0.4, 0.5) is 15.8 Å². The Morgan fingerprint density at radius 1 is 1.13 bits per heavy atom. The number of anilines is 2. The lowest BCUT2D eigenvalue weighted by Gasteiger charge is -2.08. The van der Waals surface area contributed by atoms with Gasteiger partial charge in [0, 0.05) is 11.9 Å². The maximum atomic E-state index is 12.7. The molecular weight excluding hydrogens is 191 g/mol. The predicted molar refractivity (Wildman–Crippen MR) is 58.7 cm³/mol. The first-order valence-electron chi connectivity index (χ1n) is 4.69. The lowest BCUT2D eigenvalue weighted by atomic mass is 10.2.